The van der Waals surface area contributed by atoms with Gasteiger partial charge in [-0.25, -0.2) is 8.78 Å². The fourth-order valence-corrected chi connectivity index (χ4v) is 1.60. The quantitative estimate of drug-likeness (QED) is 0.763. The molecule has 0 saturated heterocycles. The van der Waals surface area contributed by atoms with Crippen molar-refractivity contribution in [2.75, 3.05) is 6.54 Å². The van der Waals surface area contributed by atoms with Crippen molar-refractivity contribution in [3.05, 3.63) is 17.5 Å². The summed E-state index contributed by atoms with van der Waals surface area (Å²) in [5.41, 5.74) is 0.635. The first-order chi connectivity index (χ1) is 7.57. The van der Waals surface area contributed by atoms with Crippen molar-refractivity contribution in [2.45, 2.75) is 46.2 Å². The summed E-state index contributed by atoms with van der Waals surface area (Å²) in [4.78, 5) is 0. The van der Waals surface area contributed by atoms with Crippen molar-refractivity contribution in [1.29, 1.82) is 0 Å². The zero-order valence-electron chi connectivity index (χ0n) is 10.0. The van der Waals surface area contributed by atoms with Crippen molar-refractivity contribution in [2.24, 2.45) is 0 Å². The second kappa shape index (κ2) is 5.94. The molecular weight excluding hydrogens is 212 g/mol. The van der Waals surface area contributed by atoms with Crippen LogP contribution in [0, 0.1) is 0 Å². The second-order valence-electron chi connectivity index (χ2n) is 4.07. The van der Waals surface area contributed by atoms with Gasteiger partial charge < -0.3 is 5.32 Å². The van der Waals surface area contributed by atoms with E-state index in [0.29, 0.717) is 12.1 Å². The van der Waals surface area contributed by atoms with Gasteiger partial charge in [-0.15, -0.1) is 0 Å². The van der Waals surface area contributed by atoms with Crippen LogP contribution >= 0.6 is 0 Å². The van der Waals surface area contributed by atoms with Gasteiger partial charge in [-0.1, -0.05) is 6.92 Å². The van der Waals surface area contributed by atoms with Gasteiger partial charge in [-0.3, -0.25) is 4.68 Å². The highest BCUT2D eigenvalue weighted by atomic mass is 19.3. The molecule has 1 heterocycles. The number of hydrogen-bond acceptors (Lipinski definition) is 2. The van der Waals surface area contributed by atoms with E-state index < -0.39 is 6.43 Å². The summed E-state index contributed by atoms with van der Waals surface area (Å²) in [6, 6.07) is -0.0380. The van der Waals surface area contributed by atoms with Crippen molar-refractivity contribution in [3.63, 3.8) is 0 Å². The van der Waals surface area contributed by atoms with Crippen LogP contribution < -0.4 is 5.32 Å². The molecule has 0 atom stereocenters. The van der Waals surface area contributed by atoms with E-state index in [1.165, 1.54) is 10.9 Å². The normalized spacial score (nSPS) is 11.7. The van der Waals surface area contributed by atoms with Gasteiger partial charge in [0.1, 0.15) is 5.69 Å². The maximum atomic E-state index is 12.9. The van der Waals surface area contributed by atoms with E-state index in [0.717, 1.165) is 13.0 Å². The number of rotatable bonds is 6. The molecule has 1 rings (SSSR count). The van der Waals surface area contributed by atoms with Crippen LogP contribution in [0.1, 0.15) is 50.9 Å². The largest absolute Gasteiger partial charge is 0.313 e. The van der Waals surface area contributed by atoms with E-state index in [9.17, 15) is 8.78 Å². The number of alkyl halides is 2. The third-order valence-corrected chi connectivity index (χ3v) is 2.35. The monoisotopic (exact) mass is 231 g/mol. The summed E-state index contributed by atoms with van der Waals surface area (Å²) in [6.07, 6.45) is 0.0512. The molecule has 92 valence electrons. The van der Waals surface area contributed by atoms with Crippen LogP contribution in [0.15, 0.2) is 6.20 Å². The minimum Gasteiger partial charge on any atom is -0.313 e. The van der Waals surface area contributed by atoms with Gasteiger partial charge in [0, 0.05) is 18.2 Å². The van der Waals surface area contributed by atoms with E-state index in [1.807, 2.05) is 20.8 Å². The number of nitrogens with one attached hydrogen (secondary N) is 1. The fourth-order valence-electron chi connectivity index (χ4n) is 1.60. The molecule has 0 unspecified atom stereocenters. The van der Waals surface area contributed by atoms with Crippen LogP contribution in [-0.2, 0) is 6.54 Å². The number of nitrogens with zero attached hydrogens (tertiary/aromatic N) is 2. The van der Waals surface area contributed by atoms with E-state index in [1.54, 1.807) is 0 Å². The van der Waals surface area contributed by atoms with Crippen LogP contribution in [0.25, 0.3) is 0 Å². The molecule has 0 aliphatic carbocycles. The van der Waals surface area contributed by atoms with Gasteiger partial charge in [0.05, 0.1) is 6.20 Å². The molecule has 0 radical (unpaired) electrons. The highest BCUT2D eigenvalue weighted by molar-refractivity contribution is 5.19. The van der Waals surface area contributed by atoms with Gasteiger partial charge in [0.2, 0.25) is 0 Å². The lowest BCUT2D eigenvalue weighted by atomic mass is 10.2. The van der Waals surface area contributed by atoms with Gasteiger partial charge in [-0.2, -0.15) is 5.10 Å². The predicted molar refractivity (Wildman–Crippen MR) is 59.6 cm³/mol. The SMILES string of the molecule is CCCNCc1cnn(C(C)C)c1C(F)F. The molecule has 1 aromatic rings. The summed E-state index contributed by atoms with van der Waals surface area (Å²) in [5, 5.41) is 7.12. The molecule has 0 amide bonds. The predicted octanol–water partition coefficient (Wildman–Crippen LogP) is 2.90. The molecule has 0 bridgehead atoms. The molecule has 16 heavy (non-hydrogen) atoms. The molecule has 0 aliphatic rings. The van der Waals surface area contributed by atoms with E-state index >= 15 is 0 Å². The Hall–Kier alpha value is -0.970. The van der Waals surface area contributed by atoms with Crippen LogP contribution in [0.4, 0.5) is 8.78 Å². The minimum atomic E-state index is -2.47. The molecule has 0 saturated carbocycles. The Morgan fingerprint density at radius 3 is 2.62 bits per heavy atom. The number of hydrogen-bond donors (Lipinski definition) is 1. The lowest BCUT2D eigenvalue weighted by molar-refractivity contribution is 0.135. The van der Waals surface area contributed by atoms with Crippen LogP contribution in [0.5, 0.6) is 0 Å². The summed E-state index contributed by atoms with van der Waals surface area (Å²) in [7, 11) is 0. The first-order valence-corrected chi connectivity index (χ1v) is 5.63. The van der Waals surface area contributed by atoms with Crippen molar-refractivity contribution in [1.82, 2.24) is 15.1 Å². The zero-order valence-corrected chi connectivity index (χ0v) is 10.0. The maximum Gasteiger partial charge on any atom is 0.280 e. The Bertz CT molecular complexity index is 321. The Morgan fingerprint density at radius 2 is 2.12 bits per heavy atom. The average molecular weight is 231 g/mol. The third-order valence-electron chi connectivity index (χ3n) is 2.35. The Morgan fingerprint density at radius 1 is 1.44 bits per heavy atom. The second-order valence-corrected chi connectivity index (χ2v) is 4.07. The lowest BCUT2D eigenvalue weighted by Gasteiger charge is -2.12. The fraction of sp³-hybridized carbons (Fsp3) is 0.727. The topological polar surface area (TPSA) is 29.9 Å². The van der Waals surface area contributed by atoms with Gasteiger partial charge >= 0.3 is 0 Å². The third kappa shape index (κ3) is 3.01. The Kier molecular flexibility index (Phi) is 4.86. The first kappa shape index (κ1) is 13.1. The van der Waals surface area contributed by atoms with Gasteiger partial charge in [-0.05, 0) is 26.8 Å². The van der Waals surface area contributed by atoms with E-state index in [2.05, 4.69) is 10.4 Å². The van der Waals surface area contributed by atoms with Gasteiger partial charge in [0.15, 0.2) is 0 Å². The molecule has 1 N–H and O–H groups in total. The van der Waals surface area contributed by atoms with Crippen molar-refractivity contribution in [3.8, 4) is 0 Å². The Balaban J connectivity index is 2.83. The summed E-state index contributed by atoms with van der Waals surface area (Å²) in [6.45, 7) is 7.03. The highest BCUT2D eigenvalue weighted by Crippen LogP contribution is 2.25. The smallest absolute Gasteiger partial charge is 0.280 e. The van der Waals surface area contributed by atoms with E-state index in [4.69, 9.17) is 0 Å². The summed E-state index contributed by atoms with van der Waals surface area (Å²) in [5.74, 6) is 0. The van der Waals surface area contributed by atoms with Crippen molar-refractivity contribution >= 4 is 0 Å². The molecule has 0 spiro atoms. The summed E-state index contributed by atoms with van der Waals surface area (Å²) < 4.78 is 27.2. The van der Waals surface area contributed by atoms with Crippen LogP contribution in [0.3, 0.4) is 0 Å². The van der Waals surface area contributed by atoms with Crippen molar-refractivity contribution < 1.29 is 8.78 Å². The standard InChI is InChI=1S/C11H19F2N3/c1-4-5-14-6-9-7-15-16(8(2)3)10(9)11(12)13/h7-8,11,14H,4-6H2,1-3H3. The van der Waals surface area contributed by atoms with Gasteiger partial charge in [0.25, 0.3) is 6.43 Å². The first-order valence-electron chi connectivity index (χ1n) is 5.63. The molecule has 0 aromatic carbocycles. The average Bonchev–Trinajstić information content (AvgIpc) is 2.62. The van der Waals surface area contributed by atoms with Crippen LogP contribution in [-0.4, -0.2) is 16.3 Å². The van der Waals surface area contributed by atoms with E-state index in [-0.39, 0.29) is 11.7 Å². The Labute approximate surface area is 94.8 Å². The summed E-state index contributed by atoms with van der Waals surface area (Å²) >= 11 is 0. The molecule has 0 aliphatic heterocycles. The molecule has 1 aromatic heterocycles. The minimum absolute atomic E-state index is 0.0380. The van der Waals surface area contributed by atoms with Crippen LogP contribution in [0.2, 0.25) is 0 Å². The molecule has 3 nitrogen and oxygen atoms in total. The number of aromatic nitrogens is 2. The maximum absolute atomic E-state index is 12.9. The lowest BCUT2D eigenvalue weighted by Crippen LogP contribution is -2.16. The molecular formula is C11H19F2N3. The zero-order chi connectivity index (χ0) is 12.1. The molecule has 5 heteroatoms. The highest BCUT2D eigenvalue weighted by Gasteiger charge is 2.20. The molecule has 0 fully saturated rings. The number of halogens is 2.